The molecule has 0 saturated heterocycles. The van der Waals surface area contributed by atoms with Gasteiger partial charge in [0.25, 0.3) is 6.43 Å². The van der Waals surface area contributed by atoms with Crippen molar-refractivity contribution in [2.24, 2.45) is 0 Å². The Labute approximate surface area is 109 Å². The van der Waals surface area contributed by atoms with Crippen molar-refractivity contribution in [2.75, 3.05) is 0 Å². The third-order valence-corrected chi connectivity index (χ3v) is 3.19. The summed E-state index contributed by atoms with van der Waals surface area (Å²) >= 11 is 6.31. The van der Waals surface area contributed by atoms with Gasteiger partial charge in [-0.05, 0) is 12.5 Å². The van der Waals surface area contributed by atoms with Crippen LogP contribution >= 0.6 is 31.9 Å². The van der Waals surface area contributed by atoms with Gasteiger partial charge in [-0.1, -0.05) is 50.1 Å². The minimum absolute atomic E-state index is 0.124. The van der Waals surface area contributed by atoms with Crippen LogP contribution in [0.2, 0.25) is 0 Å². The monoisotopic (exact) mass is 354 g/mol. The number of ketones is 1. The van der Waals surface area contributed by atoms with Gasteiger partial charge in [0.15, 0.2) is 5.78 Å². The Morgan fingerprint density at radius 1 is 1.44 bits per heavy atom. The summed E-state index contributed by atoms with van der Waals surface area (Å²) in [6, 6.07) is 4.50. The van der Waals surface area contributed by atoms with E-state index in [1.54, 1.807) is 13.0 Å². The second-order valence-electron chi connectivity index (χ2n) is 3.30. The lowest BCUT2D eigenvalue weighted by molar-refractivity contribution is 0.0981. The number of benzene rings is 1. The van der Waals surface area contributed by atoms with Gasteiger partial charge in [0.1, 0.15) is 0 Å². The molecule has 1 rings (SSSR count). The Hall–Kier alpha value is -0.290. The van der Waals surface area contributed by atoms with Crippen LogP contribution in [0.5, 0.6) is 0 Å². The molecule has 0 aliphatic carbocycles. The molecule has 0 heterocycles. The average Bonchev–Trinajstić information content (AvgIpc) is 2.26. The minimum atomic E-state index is -2.64. The number of carbonyl (C=O) groups excluding carboxylic acids is 1. The first-order valence-electron chi connectivity index (χ1n) is 4.63. The van der Waals surface area contributed by atoms with Gasteiger partial charge >= 0.3 is 0 Å². The Balaban J connectivity index is 3.36. The van der Waals surface area contributed by atoms with Gasteiger partial charge in [0.05, 0.1) is 4.83 Å². The summed E-state index contributed by atoms with van der Waals surface area (Å²) in [6.45, 7) is 1.63. The van der Waals surface area contributed by atoms with E-state index >= 15 is 0 Å². The first-order chi connectivity index (χ1) is 7.49. The summed E-state index contributed by atoms with van der Waals surface area (Å²) in [5.41, 5.74) is 0.515. The summed E-state index contributed by atoms with van der Waals surface area (Å²) in [5.74, 6) is -0.314. The zero-order valence-electron chi connectivity index (χ0n) is 8.51. The SMILES string of the molecule is CC(Br)C(=O)c1c(CBr)cccc1C(F)F. The van der Waals surface area contributed by atoms with E-state index in [2.05, 4.69) is 31.9 Å². The molecule has 0 aliphatic heterocycles. The van der Waals surface area contributed by atoms with Crippen molar-refractivity contribution in [1.82, 2.24) is 0 Å². The quantitative estimate of drug-likeness (QED) is 0.574. The summed E-state index contributed by atoms with van der Waals surface area (Å²) in [4.78, 5) is 11.4. The van der Waals surface area contributed by atoms with Crippen LogP contribution in [0.15, 0.2) is 18.2 Å². The normalized spacial score (nSPS) is 12.9. The molecule has 0 aromatic heterocycles. The van der Waals surface area contributed by atoms with Crippen LogP contribution in [0.1, 0.15) is 34.8 Å². The molecule has 0 spiro atoms. The van der Waals surface area contributed by atoms with E-state index < -0.39 is 11.3 Å². The fraction of sp³-hybridized carbons (Fsp3) is 0.364. The fourth-order valence-corrected chi connectivity index (χ4v) is 2.11. The number of alkyl halides is 4. The van der Waals surface area contributed by atoms with Crippen molar-refractivity contribution in [1.29, 1.82) is 0 Å². The summed E-state index contributed by atoms with van der Waals surface area (Å²) < 4.78 is 25.6. The Morgan fingerprint density at radius 3 is 2.50 bits per heavy atom. The molecule has 0 aliphatic rings. The molecule has 1 unspecified atom stereocenters. The maximum Gasteiger partial charge on any atom is 0.264 e. The van der Waals surface area contributed by atoms with E-state index in [1.165, 1.54) is 12.1 Å². The van der Waals surface area contributed by atoms with Crippen molar-refractivity contribution in [3.63, 3.8) is 0 Å². The summed E-state index contributed by atoms with van der Waals surface area (Å²) in [5, 5.41) is 0.383. The molecule has 88 valence electrons. The maximum absolute atomic E-state index is 12.8. The molecule has 0 amide bonds. The van der Waals surface area contributed by atoms with Crippen molar-refractivity contribution in [2.45, 2.75) is 23.5 Å². The van der Waals surface area contributed by atoms with Crippen LogP contribution in [0, 0.1) is 0 Å². The lowest BCUT2D eigenvalue weighted by atomic mass is 9.97. The lowest BCUT2D eigenvalue weighted by Gasteiger charge is -2.13. The summed E-state index contributed by atoms with van der Waals surface area (Å²) in [7, 11) is 0. The molecule has 5 heteroatoms. The molecule has 0 radical (unpaired) electrons. The topological polar surface area (TPSA) is 17.1 Å². The largest absolute Gasteiger partial charge is 0.293 e. The van der Waals surface area contributed by atoms with E-state index in [1.807, 2.05) is 0 Å². The molecular formula is C11H10Br2F2O. The zero-order chi connectivity index (χ0) is 12.3. The third-order valence-electron chi connectivity index (χ3n) is 2.17. The van der Waals surface area contributed by atoms with Gasteiger partial charge in [-0.2, -0.15) is 0 Å². The van der Waals surface area contributed by atoms with Crippen LogP contribution in [-0.4, -0.2) is 10.6 Å². The highest BCUT2D eigenvalue weighted by Crippen LogP contribution is 2.28. The standard InChI is InChI=1S/C11H10Br2F2O/c1-6(13)10(16)9-7(5-12)3-2-4-8(9)11(14)15/h2-4,6,11H,5H2,1H3. The van der Waals surface area contributed by atoms with Crippen molar-refractivity contribution < 1.29 is 13.6 Å². The van der Waals surface area contributed by atoms with E-state index in [4.69, 9.17) is 0 Å². The second kappa shape index (κ2) is 5.87. The van der Waals surface area contributed by atoms with Crippen molar-refractivity contribution >= 4 is 37.6 Å². The number of rotatable bonds is 4. The molecule has 0 saturated carbocycles. The number of Topliss-reactive ketones (excluding diaryl/α,β-unsaturated/α-hetero) is 1. The molecule has 1 aromatic rings. The highest BCUT2D eigenvalue weighted by Gasteiger charge is 2.23. The predicted octanol–water partition coefficient (Wildman–Crippen LogP) is 4.49. The van der Waals surface area contributed by atoms with Crippen LogP contribution in [-0.2, 0) is 5.33 Å². The zero-order valence-corrected chi connectivity index (χ0v) is 11.7. The van der Waals surface area contributed by atoms with E-state index in [0.717, 1.165) is 0 Å². The van der Waals surface area contributed by atoms with Crippen LogP contribution < -0.4 is 0 Å². The fourth-order valence-electron chi connectivity index (χ4n) is 1.41. The molecule has 0 fully saturated rings. The van der Waals surface area contributed by atoms with Gasteiger partial charge in [-0.3, -0.25) is 4.79 Å². The van der Waals surface area contributed by atoms with Crippen molar-refractivity contribution in [3.8, 4) is 0 Å². The minimum Gasteiger partial charge on any atom is -0.293 e. The average molecular weight is 356 g/mol. The van der Waals surface area contributed by atoms with Crippen molar-refractivity contribution in [3.05, 3.63) is 34.9 Å². The van der Waals surface area contributed by atoms with Crippen LogP contribution in [0.3, 0.4) is 0 Å². The Morgan fingerprint density at radius 2 is 2.06 bits per heavy atom. The molecule has 1 atom stereocenters. The van der Waals surface area contributed by atoms with E-state index in [-0.39, 0.29) is 16.9 Å². The molecule has 16 heavy (non-hydrogen) atoms. The third kappa shape index (κ3) is 2.88. The number of hydrogen-bond donors (Lipinski definition) is 0. The van der Waals surface area contributed by atoms with E-state index in [9.17, 15) is 13.6 Å². The first-order valence-corrected chi connectivity index (χ1v) is 6.67. The highest BCUT2D eigenvalue weighted by atomic mass is 79.9. The van der Waals surface area contributed by atoms with Crippen LogP contribution in [0.25, 0.3) is 0 Å². The Bertz CT molecular complexity index is 392. The molecular weight excluding hydrogens is 346 g/mol. The second-order valence-corrected chi connectivity index (χ2v) is 5.23. The van der Waals surface area contributed by atoms with Crippen LogP contribution in [0.4, 0.5) is 8.78 Å². The first kappa shape index (κ1) is 13.8. The van der Waals surface area contributed by atoms with Gasteiger partial charge in [-0.25, -0.2) is 8.78 Å². The maximum atomic E-state index is 12.8. The molecule has 1 nitrogen and oxygen atoms in total. The van der Waals surface area contributed by atoms with Gasteiger partial charge in [-0.15, -0.1) is 0 Å². The molecule has 1 aromatic carbocycles. The predicted molar refractivity (Wildman–Crippen MR) is 66.7 cm³/mol. The van der Waals surface area contributed by atoms with Gasteiger partial charge in [0.2, 0.25) is 0 Å². The smallest absolute Gasteiger partial charge is 0.264 e. The lowest BCUT2D eigenvalue weighted by Crippen LogP contribution is -2.15. The molecule has 0 bridgehead atoms. The Kier molecular flexibility index (Phi) is 5.05. The number of halogens is 4. The van der Waals surface area contributed by atoms with Gasteiger partial charge < -0.3 is 0 Å². The number of carbonyl (C=O) groups is 1. The highest BCUT2D eigenvalue weighted by molar-refractivity contribution is 9.10. The summed E-state index contributed by atoms with van der Waals surface area (Å²) in [6.07, 6.45) is -2.64. The van der Waals surface area contributed by atoms with E-state index in [0.29, 0.717) is 10.9 Å². The molecule has 0 N–H and O–H groups in total. The van der Waals surface area contributed by atoms with Gasteiger partial charge in [0, 0.05) is 16.5 Å². The number of hydrogen-bond acceptors (Lipinski definition) is 1.